The Morgan fingerprint density at radius 2 is 2.05 bits per heavy atom. The molecule has 114 valence electrons. The summed E-state index contributed by atoms with van der Waals surface area (Å²) in [7, 11) is 0. The van der Waals surface area contributed by atoms with Crippen LogP contribution >= 0.6 is 0 Å². The van der Waals surface area contributed by atoms with Crippen molar-refractivity contribution in [1.29, 1.82) is 0 Å². The number of hydrogen-bond acceptors (Lipinski definition) is 3. The molecule has 3 rings (SSSR count). The van der Waals surface area contributed by atoms with Crippen LogP contribution in [-0.4, -0.2) is 47.2 Å². The molecule has 2 saturated carbocycles. The van der Waals surface area contributed by atoms with Crippen LogP contribution in [0.25, 0.3) is 0 Å². The summed E-state index contributed by atoms with van der Waals surface area (Å²) in [4.78, 5) is 14.4. The van der Waals surface area contributed by atoms with E-state index in [1.54, 1.807) is 0 Å². The van der Waals surface area contributed by atoms with E-state index in [1.165, 1.54) is 19.3 Å². The first kappa shape index (κ1) is 14.3. The van der Waals surface area contributed by atoms with Crippen LogP contribution in [0.3, 0.4) is 0 Å². The van der Waals surface area contributed by atoms with Crippen LogP contribution < -0.4 is 5.32 Å². The normalized spacial score (nSPS) is 30.9. The van der Waals surface area contributed by atoms with Gasteiger partial charge in [0.1, 0.15) is 5.54 Å². The van der Waals surface area contributed by atoms with Gasteiger partial charge in [-0.2, -0.15) is 0 Å². The fraction of sp³-hybridized carbons (Fsp3) is 0.938. The van der Waals surface area contributed by atoms with Crippen molar-refractivity contribution in [2.75, 3.05) is 19.6 Å². The van der Waals surface area contributed by atoms with Gasteiger partial charge in [0.2, 0.25) is 0 Å². The highest BCUT2D eigenvalue weighted by molar-refractivity contribution is 5.80. The number of nitrogens with one attached hydrogen (secondary N) is 1. The third-order valence-corrected chi connectivity index (χ3v) is 5.35. The molecule has 1 heterocycles. The molecule has 3 aliphatic rings. The minimum Gasteiger partial charge on any atom is -0.480 e. The van der Waals surface area contributed by atoms with E-state index in [-0.39, 0.29) is 0 Å². The number of rotatable bonds is 7. The summed E-state index contributed by atoms with van der Waals surface area (Å²) < 4.78 is 0. The highest BCUT2D eigenvalue weighted by Gasteiger charge is 2.54. The molecular formula is C16H28N2O2. The SMILES string of the molecule is CCC1CCCN(CC(NC2CC2)(C(=O)O)C2CC2)C1. The minimum absolute atomic E-state index is 0.350. The molecule has 0 spiro atoms. The zero-order valence-electron chi connectivity index (χ0n) is 12.6. The van der Waals surface area contributed by atoms with Gasteiger partial charge in [0, 0.05) is 19.1 Å². The second kappa shape index (κ2) is 5.64. The predicted molar refractivity (Wildman–Crippen MR) is 78.7 cm³/mol. The topological polar surface area (TPSA) is 52.6 Å². The quantitative estimate of drug-likeness (QED) is 0.750. The first-order valence-corrected chi connectivity index (χ1v) is 8.37. The van der Waals surface area contributed by atoms with Gasteiger partial charge in [0.25, 0.3) is 0 Å². The van der Waals surface area contributed by atoms with E-state index in [9.17, 15) is 9.90 Å². The summed E-state index contributed by atoms with van der Waals surface area (Å²) in [6.45, 7) is 5.12. The molecule has 20 heavy (non-hydrogen) atoms. The number of likely N-dealkylation sites (tertiary alicyclic amines) is 1. The molecule has 4 heteroatoms. The van der Waals surface area contributed by atoms with Crippen molar-refractivity contribution in [2.45, 2.75) is 63.5 Å². The van der Waals surface area contributed by atoms with Gasteiger partial charge in [-0.15, -0.1) is 0 Å². The van der Waals surface area contributed by atoms with Gasteiger partial charge in [0.05, 0.1) is 0 Å². The number of nitrogens with zero attached hydrogens (tertiary/aromatic N) is 1. The highest BCUT2D eigenvalue weighted by atomic mass is 16.4. The maximum atomic E-state index is 12.0. The number of hydrogen-bond donors (Lipinski definition) is 2. The van der Waals surface area contributed by atoms with Crippen molar-refractivity contribution in [1.82, 2.24) is 10.2 Å². The number of carbonyl (C=O) groups is 1. The minimum atomic E-state index is -0.670. The summed E-state index contributed by atoms with van der Waals surface area (Å²) in [6, 6.07) is 0.457. The summed E-state index contributed by atoms with van der Waals surface area (Å²) in [5.74, 6) is 0.489. The molecule has 4 nitrogen and oxygen atoms in total. The van der Waals surface area contributed by atoms with Crippen molar-refractivity contribution in [3.05, 3.63) is 0 Å². The van der Waals surface area contributed by atoms with Crippen molar-refractivity contribution in [2.24, 2.45) is 11.8 Å². The Balaban J connectivity index is 1.69. The van der Waals surface area contributed by atoms with Crippen molar-refractivity contribution >= 4 is 5.97 Å². The molecule has 0 aromatic carbocycles. The molecule has 2 aliphatic carbocycles. The molecule has 0 bridgehead atoms. The molecule has 0 aromatic rings. The van der Waals surface area contributed by atoms with Crippen LogP contribution in [0.15, 0.2) is 0 Å². The number of aliphatic carboxylic acids is 1. The molecule has 1 aliphatic heterocycles. The van der Waals surface area contributed by atoms with Crippen molar-refractivity contribution in [3.63, 3.8) is 0 Å². The van der Waals surface area contributed by atoms with Crippen LogP contribution in [0.2, 0.25) is 0 Å². The third-order valence-electron chi connectivity index (χ3n) is 5.35. The van der Waals surface area contributed by atoms with E-state index in [0.717, 1.165) is 44.7 Å². The lowest BCUT2D eigenvalue weighted by atomic mass is 9.89. The second-order valence-corrected chi connectivity index (χ2v) is 7.12. The lowest BCUT2D eigenvalue weighted by Gasteiger charge is -2.40. The van der Waals surface area contributed by atoms with Gasteiger partial charge in [0.15, 0.2) is 0 Å². The van der Waals surface area contributed by atoms with Gasteiger partial charge in [-0.1, -0.05) is 13.3 Å². The molecule has 2 atom stereocenters. The van der Waals surface area contributed by atoms with E-state index in [1.807, 2.05) is 0 Å². The van der Waals surface area contributed by atoms with Crippen LogP contribution in [0.5, 0.6) is 0 Å². The van der Waals surface area contributed by atoms with Gasteiger partial charge in [-0.25, -0.2) is 0 Å². The maximum absolute atomic E-state index is 12.0. The van der Waals surface area contributed by atoms with Crippen molar-refractivity contribution < 1.29 is 9.90 Å². The average molecular weight is 280 g/mol. The summed E-state index contributed by atoms with van der Waals surface area (Å²) in [6.07, 6.45) is 8.22. The van der Waals surface area contributed by atoms with E-state index in [0.29, 0.717) is 18.5 Å². The molecule has 1 saturated heterocycles. The van der Waals surface area contributed by atoms with E-state index in [4.69, 9.17) is 0 Å². The summed E-state index contributed by atoms with van der Waals surface area (Å²) in [5.41, 5.74) is -0.670. The van der Waals surface area contributed by atoms with E-state index in [2.05, 4.69) is 17.1 Å². The van der Waals surface area contributed by atoms with E-state index < -0.39 is 11.5 Å². The van der Waals surface area contributed by atoms with Crippen LogP contribution in [0, 0.1) is 11.8 Å². The maximum Gasteiger partial charge on any atom is 0.325 e. The molecular weight excluding hydrogens is 252 g/mol. The van der Waals surface area contributed by atoms with Gasteiger partial charge >= 0.3 is 5.97 Å². The first-order chi connectivity index (χ1) is 9.64. The lowest BCUT2D eigenvalue weighted by molar-refractivity contribution is -0.147. The highest BCUT2D eigenvalue weighted by Crippen LogP contribution is 2.42. The third kappa shape index (κ3) is 3.01. The molecule has 2 N–H and O–H groups in total. The Hall–Kier alpha value is -0.610. The first-order valence-electron chi connectivity index (χ1n) is 8.37. The Kier molecular flexibility index (Phi) is 4.04. The fourth-order valence-electron chi connectivity index (χ4n) is 3.75. The zero-order valence-corrected chi connectivity index (χ0v) is 12.6. The molecule has 2 unspecified atom stereocenters. The number of carboxylic acid groups (broad SMARTS) is 1. The smallest absolute Gasteiger partial charge is 0.325 e. The molecule has 0 amide bonds. The van der Waals surface area contributed by atoms with Gasteiger partial charge in [-0.05, 0) is 56.9 Å². The summed E-state index contributed by atoms with van der Waals surface area (Å²) in [5, 5.41) is 13.4. The molecule has 0 aromatic heterocycles. The Morgan fingerprint density at radius 3 is 2.60 bits per heavy atom. The van der Waals surface area contributed by atoms with Gasteiger partial charge in [-0.3, -0.25) is 10.1 Å². The van der Waals surface area contributed by atoms with E-state index >= 15 is 0 Å². The lowest BCUT2D eigenvalue weighted by Crippen LogP contribution is -2.62. The molecule has 3 fully saturated rings. The second-order valence-electron chi connectivity index (χ2n) is 7.12. The Morgan fingerprint density at radius 1 is 1.30 bits per heavy atom. The number of carboxylic acids is 1. The Bertz CT molecular complexity index is 365. The standard InChI is InChI=1S/C16H28N2O2/c1-2-12-4-3-9-18(10-12)11-16(15(19)20,13-5-6-13)17-14-7-8-14/h12-14,17H,2-11H2,1H3,(H,19,20). The monoisotopic (exact) mass is 280 g/mol. The fourth-order valence-corrected chi connectivity index (χ4v) is 3.75. The average Bonchev–Trinajstić information content (AvgIpc) is 3.30. The summed E-state index contributed by atoms with van der Waals surface area (Å²) >= 11 is 0. The molecule has 0 radical (unpaired) electrons. The largest absolute Gasteiger partial charge is 0.480 e. The van der Waals surface area contributed by atoms with Crippen molar-refractivity contribution in [3.8, 4) is 0 Å². The Labute approximate surface area is 121 Å². The van der Waals surface area contributed by atoms with Crippen LogP contribution in [0.1, 0.15) is 51.9 Å². The van der Waals surface area contributed by atoms with Gasteiger partial charge < -0.3 is 10.0 Å². The zero-order chi connectivity index (χ0) is 14.2. The predicted octanol–water partition coefficient (Wildman–Crippen LogP) is 2.09. The van der Waals surface area contributed by atoms with Crippen LogP contribution in [0.4, 0.5) is 0 Å². The van der Waals surface area contributed by atoms with Crippen LogP contribution in [-0.2, 0) is 4.79 Å². The number of piperidine rings is 1.